The molecule has 3 rings (SSSR count). The van der Waals surface area contributed by atoms with Crippen LogP contribution in [0.15, 0.2) is 40.8 Å². The highest BCUT2D eigenvalue weighted by Crippen LogP contribution is 2.21. The second-order valence-corrected chi connectivity index (χ2v) is 7.56. The van der Waals surface area contributed by atoms with Gasteiger partial charge in [-0.2, -0.15) is 0 Å². The molecule has 0 unspecified atom stereocenters. The number of aromatic nitrogens is 2. The van der Waals surface area contributed by atoms with Gasteiger partial charge in [-0.05, 0) is 18.2 Å². The molecule has 26 heavy (non-hydrogen) atoms. The van der Waals surface area contributed by atoms with E-state index >= 15 is 0 Å². The summed E-state index contributed by atoms with van der Waals surface area (Å²) in [6.45, 7) is 7.73. The highest BCUT2D eigenvalue weighted by atomic mass is 35.5. The quantitative estimate of drug-likeness (QED) is 0.439. The molecule has 1 aliphatic rings. The zero-order valence-electron chi connectivity index (χ0n) is 14.4. The summed E-state index contributed by atoms with van der Waals surface area (Å²) < 4.78 is 6.89. The Hall–Kier alpha value is -1.38. The summed E-state index contributed by atoms with van der Waals surface area (Å²) in [5.41, 5.74) is 0.451. The molecule has 0 spiro atoms. The molecule has 1 fully saturated rings. The first-order valence-electron chi connectivity index (χ1n) is 8.50. The Morgan fingerprint density at radius 3 is 2.92 bits per heavy atom. The molecule has 1 aliphatic heterocycles. The van der Waals surface area contributed by atoms with Crippen molar-refractivity contribution in [1.82, 2.24) is 14.5 Å². The molecule has 0 bridgehead atoms. The van der Waals surface area contributed by atoms with Crippen molar-refractivity contribution in [2.45, 2.75) is 17.8 Å². The van der Waals surface area contributed by atoms with Crippen molar-refractivity contribution in [2.75, 3.05) is 38.6 Å². The maximum atomic E-state index is 12.8. The SMILES string of the molecule is C=CCn1c(SC[C@@H](O)CN2CCOCC2)nc2ccc(Cl)cc2c1=O. The summed E-state index contributed by atoms with van der Waals surface area (Å²) in [5.74, 6) is 0.458. The van der Waals surface area contributed by atoms with Gasteiger partial charge in [-0.3, -0.25) is 14.3 Å². The van der Waals surface area contributed by atoms with Crippen LogP contribution >= 0.6 is 23.4 Å². The molecule has 8 heteroatoms. The number of aliphatic hydroxyl groups is 1. The van der Waals surface area contributed by atoms with Gasteiger partial charge in [0.2, 0.25) is 0 Å². The van der Waals surface area contributed by atoms with Crippen molar-refractivity contribution in [3.63, 3.8) is 0 Å². The number of morpholine rings is 1. The van der Waals surface area contributed by atoms with Crippen LogP contribution in [0.1, 0.15) is 0 Å². The van der Waals surface area contributed by atoms with E-state index in [1.165, 1.54) is 11.8 Å². The van der Waals surface area contributed by atoms with E-state index in [1.807, 2.05) is 0 Å². The van der Waals surface area contributed by atoms with Crippen molar-refractivity contribution in [2.24, 2.45) is 0 Å². The van der Waals surface area contributed by atoms with Gasteiger partial charge >= 0.3 is 0 Å². The second kappa shape index (κ2) is 9.01. The fourth-order valence-corrected chi connectivity index (χ4v) is 3.97. The van der Waals surface area contributed by atoms with E-state index in [1.54, 1.807) is 28.8 Å². The molecular weight excluding hydrogens is 374 g/mol. The number of aliphatic hydroxyl groups excluding tert-OH is 1. The minimum atomic E-state index is -0.506. The summed E-state index contributed by atoms with van der Waals surface area (Å²) in [7, 11) is 0. The Morgan fingerprint density at radius 2 is 2.19 bits per heavy atom. The van der Waals surface area contributed by atoms with E-state index in [-0.39, 0.29) is 5.56 Å². The van der Waals surface area contributed by atoms with Crippen LogP contribution in [0.2, 0.25) is 5.02 Å². The number of β-amino-alcohol motifs (C(OH)–C–C–N with tert-alkyl or cyclic N) is 1. The summed E-state index contributed by atoms with van der Waals surface area (Å²) >= 11 is 7.39. The smallest absolute Gasteiger partial charge is 0.262 e. The molecular formula is C18H22ClN3O3S. The first-order valence-corrected chi connectivity index (χ1v) is 9.87. The van der Waals surface area contributed by atoms with Gasteiger partial charge in [-0.25, -0.2) is 4.98 Å². The Bertz CT molecular complexity index is 836. The molecule has 0 radical (unpaired) electrons. The first kappa shape index (κ1) is 19.4. The van der Waals surface area contributed by atoms with Crippen LogP contribution < -0.4 is 5.56 Å². The Kier molecular flexibility index (Phi) is 6.72. The number of allylic oxidation sites excluding steroid dienone is 1. The van der Waals surface area contributed by atoms with E-state index in [4.69, 9.17) is 16.3 Å². The first-order chi connectivity index (χ1) is 12.6. The van der Waals surface area contributed by atoms with E-state index in [0.717, 1.165) is 13.1 Å². The van der Waals surface area contributed by atoms with Crippen LogP contribution in [0.5, 0.6) is 0 Å². The summed E-state index contributed by atoms with van der Waals surface area (Å²) in [4.78, 5) is 19.5. The third-order valence-corrected chi connectivity index (χ3v) is 5.53. The lowest BCUT2D eigenvalue weighted by Crippen LogP contribution is -2.41. The van der Waals surface area contributed by atoms with Gasteiger partial charge in [-0.15, -0.1) is 6.58 Å². The Balaban J connectivity index is 1.77. The molecule has 1 saturated heterocycles. The van der Waals surface area contributed by atoms with E-state index in [2.05, 4.69) is 16.5 Å². The van der Waals surface area contributed by atoms with Crippen molar-refractivity contribution in [3.05, 3.63) is 46.2 Å². The zero-order valence-corrected chi connectivity index (χ0v) is 16.0. The Morgan fingerprint density at radius 1 is 1.42 bits per heavy atom. The predicted molar refractivity (Wildman–Crippen MR) is 105 cm³/mol. The van der Waals surface area contributed by atoms with Crippen molar-refractivity contribution in [3.8, 4) is 0 Å². The number of rotatable bonds is 7. The average Bonchev–Trinajstić information content (AvgIpc) is 2.64. The molecule has 1 N–H and O–H groups in total. The van der Waals surface area contributed by atoms with E-state index in [0.29, 0.717) is 53.1 Å². The molecule has 0 amide bonds. The van der Waals surface area contributed by atoms with Gasteiger partial charge in [0.1, 0.15) is 0 Å². The molecule has 0 aliphatic carbocycles. The molecule has 140 valence electrons. The second-order valence-electron chi connectivity index (χ2n) is 6.14. The maximum Gasteiger partial charge on any atom is 0.262 e. The number of hydrogen-bond donors (Lipinski definition) is 1. The number of benzene rings is 1. The monoisotopic (exact) mass is 395 g/mol. The number of hydrogen-bond acceptors (Lipinski definition) is 6. The topological polar surface area (TPSA) is 67.6 Å². The van der Waals surface area contributed by atoms with Gasteiger partial charge in [0.25, 0.3) is 5.56 Å². The Labute approximate surface area is 161 Å². The third kappa shape index (κ3) is 4.66. The van der Waals surface area contributed by atoms with Crippen LogP contribution in [0.25, 0.3) is 10.9 Å². The fourth-order valence-electron chi connectivity index (χ4n) is 2.88. The lowest BCUT2D eigenvalue weighted by Gasteiger charge is -2.28. The van der Waals surface area contributed by atoms with Crippen LogP contribution in [0.4, 0.5) is 0 Å². The molecule has 1 aromatic carbocycles. The van der Waals surface area contributed by atoms with Crippen molar-refractivity contribution in [1.29, 1.82) is 0 Å². The molecule has 0 saturated carbocycles. The minimum absolute atomic E-state index is 0.150. The maximum absolute atomic E-state index is 12.8. The normalized spacial score (nSPS) is 16.7. The van der Waals surface area contributed by atoms with E-state index in [9.17, 15) is 9.90 Å². The number of fused-ring (bicyclic) bond motifs is 1. The molecule has 1 atom stereocenters. The standard InChI is InChI=1S/C18H22ClN3O3S/c1-2-5-22-17(24)15-10-13(19)3-4-16(15)20-18(22)26-12-14(23)11-21-6-8-25-9-7-21/h2-4,10,14,23H,1,5-9,11-12H2/t14-/m0/s1. The van der Waals surface area contributed by atoms with Crippen LogP contribution in [-0.4, -0.2) is 64.3 Å². The van der Waals surface area contributed by atoms with Crippen LogP contribution in [-0.2, 0) is 11.3 Å². The summed E-state index contributed by atoms with van der Waals surface area (Å²) in [6, 6.07) is 5.09. The van der Waals surface area contributed by atoms with Crippen molar-refractivity contribution >= 4 is 34.3 Å². The van der Waals surface area contributed by atoms with Gasteiger partial charge in [0, 0.05) is 37.0 Å². The summed E-state index contributed by atoms with van der Waals surface area (Å²) in [6.07, 6.45) is 1.15. The summed E-state index contributed by atoms with van der Waals surface area (Å²) in [5, 5.41) is 11.9. The highest BCUT2D eigenvalue weighted by Gasteiger charge is 2.17. The zero-order chi connectivity index (χ0) is 18.5. The number of nitrogens with zero attached hydrogens (tertiary/aromatic N) is 3. The number of halogens is 1. The predicted octanol–water partition coefficient (Wildman–Crippen LogP) is 2.02. The van der Waals surface area contributed by atoms with Gasteiger partial charge in [-0.1, -0.05) is 29.4 Å². The fraction of sp³-hybridized carbons (Fsp3) is 0.444. The minimum Gasteiger partial charge on any atom is -0.391 e. The molecule has 2 aromatic rings. The van der Waals surface area contributed by atoms with Crippen molar-refractivity contribution < 1.29 is 9.84 Å². The molecule has 1 aromatic heterocycles. The largest absolute Gasteiger partial charge is 0.391 e. The van der Waals surface area contributed by atoms with Gasteiger partial charge in [0.15, 0.2) is 5.16 Å². The van der Waals surface area contributed by atoms with Crippen LogP contribution in [0.3, 0.4) is 0 Å². The highest BCUT2D eigenvalue weighted by molar-refractivity contribution is 7.99. The molecule has 2 heterocycles. The average molecular weight is 396 g/mol. The van der Waals surface area contributed by atoms with E-state index < -0.39 is 6.10 Å². The lowest BCUT2D eigenvalue weighted by atomic mass is 10.2. The van der Waals surface area contributed by atoms with Gasteiger partial charge in [0.05, 0.1) is 30.2 Å². The third-order valence-electron chi connectivity index (χ3n) is 4.17. The number of ether oxygens (including phenoxy) is 1. The lowest BCUT2D eigenvalue weighted by molar-refractivity contribution is 0.0188. The molecule has 6 nitrogen and oxygen atoms in total. The van der Waals surface area contributed by atoms with Gasteiger partial charge < -0.3 is 9.84 Å². The number of thioether (sulfide) groups is 1. The van der Waals surface area contributed by atoms with Crippen LogP contribution in [0, 0.1) is 0 Å².